The van der Waals surface area contributed by atoms with E-state index in [0.717, 1.165) is 23.6 Å². The van der Waals surface area contributed by atoms with Gasteiger partial charge in [-0.25, -0.2) is 8.78 Å². The van der Waals surface area contributed by atoms with Gasteiger partial charge in [0.25, 0.3) is 5.91 Å². The molecule has 2 rings (SSSR count). The molecular weight excluding hydrogens is 258 g/mol. The highest BCUT2D eigenvalue weighted by molar-refractivity contribution is 7.99. The molecule has 1 aromatic rings. The summed E-state index contributed by atoms with van der Waals surface area (Å²) in [5.74, 6) is -0.0633. The second-order valence-corrected chi connectivity index (χ2v) is 5.19. The Kier molecular flexibility index (Phi) is 4.06. The summed E-state index contributed by atoms with van der Waals surface area (Å²) in [5, 5.41) is 2.43. The lowest BCUT2D eigenvalue weighted by molar-refractivity contribution is 0.0771. The number of halogens is 2. The van der Waals surface area contributed by atoms with Gasteiger partial charge in [0.15, 0.2) is 0 Å². The van der Waals surface area contributed by atoms with E-state index in [4.69, 9.17) is 0 Å². The molecule has 0 unspecified atom stereocenters. The van der Waals surface area contributed by atoms with Gasteiger partial charge in [-0.1, -0.05) is 0 Å². The SMILES string of the molecule is CNc1c(F)cc(C(=O)N2CCSCC2)cc1F. The molecule has 0 bridgehead atoms. The number of anilines is 1. The number of thioether (sulfide) groups is 1. The first-order valence-corrected chi connectivity index (χ1v) is 6.82. The van der Waals surface area contributed by atoms with E-state index < -0.39 is 11.6 Å². The van der Waals surface area contributed by atoms with Crippen molar-refractivity contribution in [2.75, 3.05) is 37.0 Å². The topological polar surface area (TPSA) is 32.3 Å². The normalized spacial score (nSPS) is 15.6. The van der Waals surface area contributed by atoms with E-state index >= 15 is 0 Å². The van der Waals surface area contributed by atoms with Crippen molar-refractivity contribution in [2.45, 2.75) is 0 Å². The summed E-state index contributed by atoms with van der Waals surface area (Å²) in [6.07, 6.45) is 0. The van der Waals surface area contributed by atoms with Crippen LogP contribution in [0.3, 0.4) is 0 Å². The Morgan fingerprint density at radius 3 is 2.33 bits per heavy atom. The number of hydrogen-bond donors (Lipinski definition) is 1. The Hall–Kier alpha value is -1.30. The van der Waals surface area contributed by atoms with Gasteiger partial charge in [0, 0.05) is 37.2 Å². The fourth-order valence-corrected chi connectivity index (χ4v) is 2.79. The first-order valence-electron chi connectivity index (χ1n) is 5.67. The molecule has 0 atom stereocenters. The molecule has 1 amide bonds. The van der Waals surface area contributed by atoms with Gasteiger partial charge in [0.05, 0.1) is 0 Å². The van der Waals surface area contributed by atoms with Gasteiger partial charge in [0.2, 0.25) is 0 Å². The maximum atomic E-state index is 13.6. The van der Waals surface area contributed by atoms with Crippen LogP contribution in [-0.4, -0.2) is 42.4 Å². The molecule has 0 saturated carbocycles. The third-order valence-corrected chi connectivity index (χ3v) is 3.78. The monoisotopic (exact) mass is 272 g/mol. The van der Waals surface area contributed by atoms with Gasteiger partial charge in [-0.3, -0.25) is 4.79 Å². The van der Waals surface area contributed by atoms with E-state index in [1.165, 1.54) is 7.05 Å². The quantitative estimate of drug-likeness (QED) is 0.895. The van der Waals surface area contributed by atoms with Gasteiger partial charge in [0.1, 0.15) is 17.3 Å². The number of nitrogens with zero attached hydrogens (tertiary/aromatic N) is 1. The Balaban J connectivity index is 2.25. The number of carbonyl (C=O) groups is 1. The van der Waals surface area contributed by atoms with Crippen molar-refractivity contribution in [1.29, 1.82) is 0 Å². The minimum absolute atomic E-state index is 0.0656. The zero-order valence-electron chi connectivity index (χ0n) is 10.0. The third kappa shape index (κ3) is 2.58. The smallest absolute Gasteiger partial charge is 0.254 e. The molecule has 1 aromatic carbocycles. The largest absolute Gasteiger partial charge is 0.383 e. The predicted octanol–water partition coefficient (Wildman–Crippen LogP) is 2.20. The molecule has 1 fully saturated rings. The van der Waals surface area contributed by atoms with Crippen molar-refractivity contribution in [2.24, 2.45) is 0 Å². The van der Waals surface area contributed by atoms with E-state index in [1.54, 1.807) is 16.7 Å². The van der Waals surface area contributed by atoms with E-state index in [1.807, 2.05) is 0 Å². The second kappa shape index (κ2) is 5.56. The van der Waals surface area contributed by atoms with E-state index in [-0.39, 0.29) is 17.2 Å². The molecule has 98 valence electrons. The van der Waals surface area contributed by atoms with Crippen molar-refractivity contribution in [1.82, 2.24) is 4.90 Å². The zero-order valence-corrected chi connectivity index (χ0v) is 10.8. The van der Waals surface area contributed by atoms with Crippen molar-refractivity contribution < 1.29 is 13.6 Å². The van der Waals surface area contributed by atoms with Crippen molar-refractivity contribution in [3.8, 4) is 0 Å². The summed E-state index contributed by atoms with van der Waals surface area (Å²) in [6.45, 7) is 1.25. The summed E-state index contributed by atoms with van der Waals surface area (Å²) >= 11 is 1.77. The van der Waals surface area contributed by atoms with Gasteiger partial charge in [-0.15, -0.1) is 0 Å². The Morgan fingerprint density at radius 1 is 1.28 bits per heavy atom. The van der Waals surface area contributed by atoms with E-state index in [2.05, 4.69) is 5.32 Å². The predicted molar refractivity (Wildman–Crippen MR) is 69.1 cm³/mol. The Labute approximate surface area is 109 Å². The van der Waals surface area contributed by atoms with Crippen LogP contribution in [0.25, 0.3) is 0 Å². The standard InChI is InChI=1S/C12H14F2N2OS/c1-15-11-9(13)6-8(7-10(11)14)12(17)16-2-4-18-5-3-16/h6-7,15H,2-5H2,1H3. The van der Waals surface area contributed by atoms with Gasteiger partial charge in [-0.05, 0) is 12.1 Å². The molecule has 3 nitrogen and oxygen atoms in total. The maximum Gasteiger partial charge on any atom is 0.254 e. The fourth-order valence-electron chi connectivity index (χ4n) is 1.88. The number of hydrogen-bond acceptors (Lipinski definition) is 3. The van der Waals surface area contributed by atoms with Gasteiger partial charge in [-0.2, -0.15) is 11.8 Å². The lowest BCUT2D eigenvalue weighted by Crippen LogP contribution is -2.38. The van der Waals surface area contributed by atoms with Crippen LogP contribution in [0.1, 0.15) is 10.4 Å². The average molecular weight is 272 g/mol. The van der Waals surface area contributed by atoms with Crippen molar-refractivity contribution >= 4 is 23.4 Å². The summed E-state index contributed by atoms with van der Waals surface area (Å²) in [7, 11) is 1.44. The number of carbonyl (C=O) groups excluding carboxylic acids is 1. The fraction of sp³-hybridized carbons (Fsp3) is 0.417. The minimum atomic E-state index is -0.743. The molecule has 1 aliphatic rings. The van der Waals surface area contributed by atoms with Crippen LogP contribution in [0.15, 0.2) is 12.1 Å². The molecule has 0 spiro atoms. The van der Waals surface area contributed by atoms with Crippen LogP contribution in [0, 0.1) is 11.6 Å². The minimum Gasteiger partial charge on any atom is -0.383 e. The Morgan fingerprint density at radius 2 is 1.83 bits per heavy atom. The van der Waals surface area contributed by atoms with Crippen LogP contribution in [0.2, 0.25) is 0 Å². The molecule has 0 aromatic heterocycles. The van der Waals surface area contributed by atoms with Gasteiger partial charge >= 0.3 is 0 Å². The van der Waals surface area contributed by atoms with Crippen molar-refractivity contribution in [3.05, 3.63) is 29.3 Å². The third-order valence-electron chi connectivity index (χ3n) is 2.84. The summed E-state index contributed by atoms with van der Waals surface area (Å²) < 4.78 is 27.1. The molecule has 6 heteroatoms. The number of nitrogens with one attached hydrogen (secondary N) is 1. The first-order chi connectivity index (χ1) is 8.63. The van der Waals surface area contributed by atoms with Gasteiger partial charge < -0.3 is 10.2 Å². The highest BCUT2D eigenvalue weighted by atomic mass is 32.2. The summed E-state index contributed by atoms with van der Waals surface area (Å²) in [4.78, 5) is 13.7. The van der Waals surface area contributed by atoms with E-state index in [0.29, 0.717) is 13.1 Å². The lowest BCUT2D eigenvalue weighted by Gasteiger charge is -2.26. The highest BCUT2D eigenvalue weighted by Gasteiger charge is 2.21. The van der Waals surface area contributed by atoms with Crippen LogP contribution in [0.5, 0.6) is 0 Å². The summed E-state index contributed by atoms with van der Waals surface area (Å²) in [5.41, 5.74) is -0.142. The maximum absolute atomic E-state index is 13.6. The second-order valence-electron chi connectivity index (χ2n) is 3.97. The summed E-state index contributed by atoms with van der Waals surface area (Å²) in [6, 6.07) is 2.16. The van der Waals surface area contributed by atoms with Crippen LogP contribution in [0.4, 0.5) is 14.5 Å². The van der Waals surface area contributed by atoms with Crippen LogP contribution in [-0.2, 0) is 0 Å². The molecule has 0 aliphatic carbocycles. The molecule has 1 heterocycles. The number of rotatable bonds is 2. The first kappa shape index (κ1) is 13.1. The van der Waals surface area contributed by atoms with Crippen molar-refractivity contribution in [3.63, 3.8) is 0 Å². The highest BCUT2D eigenvalue weighted by Crippen LogP contribution is 2.22. The van der Waals surface area contributed by atoms with Crippen LogP contribution < -0.4 is 5.32 Å². The lowest BCUT2D eigenvalue weighted by atomic mass is 10.1. The number of amides is 1. The molecule has 0 radical (unpaired) electrons. The van der Waals surface area contributed by atoms with E-state index in [9.17, 15) is 13.6 Å². The number of benzene rings is 1. The molecule has 1 N–H and O–H groups in total. The molecule has 18 heavy (non-hydrogen) atoms. The molecule has 1 aliphatic heterocycles. The zero-order chi connectivity index (χ0) is 13.1. The molecular formula is C12H14F2N2OS. The average Bonchev–Trinajstić information content (AvgIpc) is 2.38. The molecule has 1 saturated heterocycles. The van der Waals surface area contributed by atoms with Crippen LogP contribution >= 0.6 is 11.8 Å². The Bertz CT molecular complexity index is 438.